The third-order valence-corrected chi connectivity index (χ3v) is 4.30. The van der Waals surface area contributed by atoms with Gasteiger partial charge in [0.15, 0.2) is 0 Å². The molecular weight excluding hydrogens is 246 g/mol. The predicted molar refractivity (Wildman–Crippen MR) is 68.4 cm³/mol. The summed E-state index contributed by atoms with van der Waals surface area (Å²) in [5, 5.41) is 9.29. The molecule has 2 aliphatic rings. The molecule has 0 saturated carbocycles. The van der Waals surface area contributed by atoms with Gasteiger partial charge in [0.25, 0.3) is 0 Å². The molecule has 102 valence electrons. The van der Waals surface area contributed by atoms with Crippen LogP contribution in [0.2, 0.25) is 0 Å². The Morgan fingerprint density at radius 3 is 2.89 bits per heavy atom. The minimum absolute atomic E-state index is 0.0563. The van der Waals surface area contributed by atoms with Gasteiger partial charge in [0.1, 0.15) is 12.1 Å². The van der Waals surface area contributed by atoms with E-state index in [9.17, 15) is 9.90 Å². The first-order valence-corrected chi connectivity index (χ1v) is 6.50. The van der Waals surface area contributed by atoms with E-state index in [1.54, 1.807) is 7.11 Å². The van der Waals surface area contributed by atoms with Crippen molar-refractivity contribution in [2.45, 2.75) is 38.3 Å². The van der Waals surface area contributed by atoms with Crippen molar-refractivity contribution in [1.29, 1.82) is 0 Å². The standard InChI is InChI=1S/C13H17N3O3/c1-7-11(14-6-15-12(7)19-2)16-8-3-4-10(16)9(5-8)13(17)18/h6,8-10H,3-5H2,1-2H3,(H,17,18). The van der Waals surface area contributed by atoms with Crippen LogP contribution >= 0.6 is 0 Å². The van der Waals surface area contributed by atoms with E-state index >= 15 is 0 Å². The lowest BCUT2D eigenvalue weighted by molar-refractivity contribution is -0.142. The number of fused-ring (bicyclic) bond motifs is 2. The van der Waals surface area contributed by atoms with Gasteiger partial charge in [-0.05, 0) is 26.2 Å². The largest absolute Gasteiger partial charge is 0.481 e. The second kappa shape index (κ2) is 4.36. The number of carbonyl (C=O) groups is 1. The van der Waals surface area contributed by atoms with Crippen LogP contribution in [-0.4, -0.2) is 40.2 Å². The molecule has 0 amide bonds. The van der Waals surface area contributed by atoms with Gasteiger partial charge in [-0.3, -0.25) is 4.79 Å². The summed E-state index contributed by atoms with van der Waals surface area (Å²) < 4.78 is 5.22. The number of hydrogen-bond acceptors (Lipinski definition) is 5. The van der Waals surface area contributed by atoms with E-state index in [4.69, 9.17) is 4.74 Å². The normalized spacial score (nSPS) is 28.7. The van der Waals surface area contributed by atoms with E-state index in [0.29, 0.717) is 12.3 Å². The van der Waals surface area contributed by atoms with E-state index in [1.807, 2.05) is 6.92 Å². The van der Waals surface area contributed by atoms with E-state index in [0.717, 1.165) is 24.2 Å². The number of carboxylic acid groups (broad SMARTS) is 1. The van der Waals surface area contributed by atoms with Gasteiger partial charge in [0.05, 0.1) is 18.6 Å². The molecule has 0 aromatic carbocycles. The summed E-state index contributed by atoms with van der Waals surface area (Å²) in [7, 11) is 1.58. The number of methoxy groups -OCH3 is 1. The summed E-state index contributed by atoms with van der Waals surface area (Å²) in [5.74, 6) is 0.404. The number of anilines is 1. The van der Waals surface area contributed by atoms with Gasteiger partial charge in [-0.1, -0.05) is 0 Å². The molecule has 3 rings (SSSR count). The summed E-state index contributed by atoms with van der Waals surface area (Å²) in [6.07, 6.45) is 4.16. The lowest BCUT2D eigenvalue weighted by Crippen LogP contribution is -2.34. The Labute approximate surface area is 111 Å². The van der Waals surface area contributed by atoms with E-state index in [1.165, 1.54) is 6.33 Å². The summed E-state index contributed by atoms with van der Waals surface area (Å²) in [4.78, 5) is 21.9. The zero-order valence-corrected chi connectivity index (χ0v) is 11.0. The lowest BCUT2D eigenvalue weighted by atomic mass is 9.89. The highest BCUT2D eigenvalue weighted by atomic mass is 16.5. The van der Waals surface area contributed by atoms with Crippen molar-refractivity contribution in [3.63, 3.8) is 0 Å². The second-order valence-electron chi connectivity index (χ2n) is 5.22. The van der Waals surface area contributed by atoms with Crippen molar-refractivity contribution in [3.8, 4) is 5.88 Å². The van der Waals surface area contributed by atoms with Crippen molar-refractivity contribution in [1.82, 2.24) is 9.97 Å². The topological polar surface area (TPSA) is 75.6 Å². The van der Waals surface area contributed by atoms with Crippen LogP contribution in [-0.2, 0) is 4.79 Å². The molecule has 19 heavy (non-hydrogen) atoms. The van der Waals surface area contributed by atoms with Crippen LogP contribution in [0.1, 0.15) is 24.8 Å². The number of nitrogens with zero attached hydrogens (tertiary/aromatic N) is 3. The third kappa shape index (κ3) is 1.74. The number of aromatic nitrogens is 2. The quantitative estimate of drug-likeness (QED) is 0.884. The van der Waals surface area contributed by atoms with Crippen LogP contribution in [0.5, 0.6) is 5.88 Å². The van der Waals surface area contributed by atoms with Gasteiger partial charge < -0.3 is 14.7 Å². The van der Waals surface area contributed by atoms with Gasteiger partial charge in [-0.15, -0.1) is 0 Å². The van der Waals surface area contributed by atoms with Crippen molar-refractivity contribution < 1.29 is 14.6 Å². The summed E-state index contributed by atoms with van der Waals surface area (Å²) in [6, 6.07) is 0.338. The number of carboxylic acids is 1. The molecule has 1 aromatic heterocycles. The third-order valence-electron chi connectivity index (χ3n) is 4.30. The fourth-order valence-corrected chi connectivity index (χ4v) is 3.48. The molecule has 2 bridgehead atoms. The molecule has 3 unspecified atom stereocenters. The molecule has 1 aromatic rings. The Hall–Kier alpha value is -1.85. The fraction of sp³-hybridized carbons (Fsp3) is 0.615. The zero-order chi connectivity index (χ0) is 13.6. The van der Waals surface area contributed by atoms with Crippen LogP contribution in [0.3, 0.4) is 0 Å². The Bertz CT molecular complexity index is 520. The maximum atomic E-state index is 11.3. The highest BCUT2D eigenvalue weighted by Gasteiger charge is 2.50. The average molecular weight is 263 g/mol. The maximum Gasteiger partial charge on any atom is 0.308 e. The van der Waals surface area contributed by atoms with Gasteiger partial charge in [0, 0.05) is 12.1 Å². The van der Waals surface area contributed by atoms with Gasteiger partial charge in [-0.2, -0.15) is 0 Å². The van der Waals surface area contributed by atoms with Gasteiger partial charge >= 0.3 is 5.97 Å². The fourth-order valence-electron chi connectivity index (χ4n) is 3.48. The first kappa shape index (κ1) is 12.2. The maximum absolute atomic E-state index is 11.3. The molecule has 1 N–H and O–H groups in total. The van der Waals surface area contributed by atoms with Gasteiger partial charge in [0.2, 0.25) is 5.88 Å². The summed E-state index contributed by atoms with van der Waals surface area (Å²) in [5.41, 5.74) is 0.882. The predicted octanol–water partition coefficient (Wildman–Crippen LogP) is 1.24. The van der Waals surface area contributed by atoms with Crippen LogP contribution in [0, 0.1) is 12.8 Å². The summed E-state index contributed by atoms with van der Waals surface area (Å²) in [6.45, 7) is 1.92. The van der Waals surface area contributed by atoms with Gasteiger partial charge in [-0.25, -0.2) is 9.97 Å². The van der Waals surface area contributed by atoms with Crippen LogP contribution in [0.4, 0.5) is 5.82 Å². The van der Waals surface area contributed by atoms with Crippen molar-refractivity contribution in [3.05, 3.63) is 11.9 Å². The van der Waals surface area contributed by atoms with Crippen molar-refractivity contribution in [2.24, 2.45) is 5.92 Å². The molecule has 6 heteroatoms. The molecule has 3 atom stereocenters. The zero-order valence-electron chi connectivity index (χ0n) is 11.0. The molecule has 2 fully saturated rings. The minimum Gasteiger partial charge on any atom is -0.481 e. The second-order valence-corrected chi connectivity index (χ2v) is 5.22. The molecule has 3 heterocycles. The molecule has 2 aliphatic heterocycles. The van der Waals surface area contributed by atoms with Crippen LogP contribution in [0.15, 0.2) is 6.33 Å². The number of hydrogen-bond donors (Lipinski definition) is 1. The first-order valence-electron chi connectivity index (χ1n) is 6.50. The summed E-state index contributed by atoms with van der Waals surface area (Å²) >= 11 is 0. The van der Waals surface area contributed by atoms with E-state index in [-0.39, 0.29) is 18.0 Å². The molecule has 0 aliphatic carbocycles. The molecular formula is C13H17N3O3. The Balaban J connectivity index is 1.98. The van der Waals surface area contributed by atoms with E-state index in [2.05, 4.69) is 14.9 Å². The highest BCUT2D eigenvalue weighted by molar-refractivity contribution is 5.74. The Morgan fingerprint density at radius 2 is 2.26 bits per heavy atom. The Kier molecular flexibility index (Phi) is 2.80. The monoisotopic (exact) mass is 263 g/mol. The van der Waals surface area contributed by atoms with Crippen LogP contribution < -0.4 is 9.64 Å². The van der Waals surface area contributed by atoms with Crippen LogP contribution in [0.25, 0.3) is 0 Å². The molecule has 0 radical (unpaired) electrons. The average Bonchev–Trinajstić information content (AvgIpc) is 2.96. The smallest absolute Gasteiger partial charge is 0.308 e. The molecule has 0 spiro atoms. The number of rotatable bonds is 3. The SMILES string of the molecule is COc1ncnc(N2C3CCC2C(C(=O)O)C3)c1C. The highest BCUT2D eigenvalue weighted by Crippen LogP contribution is 2.45. The Morgan fingerprint density at radius 1 is 1.47 bits per heavy atom. The van der Waals surface area contributed by atoms with Crippen molar-refractivity contribution >= 4 is 11.8 Å². The molecule has 2 saturated heterocycles. The number of aliphatic carboxylic acids is 1. The first-order chi connectivity index (χ1) is 9.13. The number of ether oxygens (including phenoxy) is 1. The van der Waals surface area contributed by atoms with Crippen molar-refractivity contribution in [2.75, 3.05) is 12.0 Å². The lowest BCUT2D eigenvalue weighted by Gasteiger charge is -2.25. The van der Waals surface area contributed by atoms with E-state index < -0.39 is 5.97 Å². The minimum atomic E-state index is -0.698. The molecule has 6 nitrogen and oxygen atoms in total.